The van der Waals surface area contributed by atoms with Gasteiger partial charge in [0.2, 0.25) is 0 Å². The van der Waals surface area contributed by atoms with E-state index in [4.69, 9.17) is 0 Å². The number of carbonyl (C=O) groups is 1. The number of halogens is 3. The molecule has 9 nitrogen and oxygen atoms in total. The Morgan fingerprint density at radius 2 is 1.93 bits per heavy atom. The molecule has 1 atom stereocenters. The fourth-order valence-corrected chi connectivity index (χ4v) is 2.62. The molecule has 2 heterocycles. The highest BCUT2D eigenvalue weighted by Crippen LogP contribution is 2.24. The molecule has 0 aliphatic heterocycles. The molecule has 0 unspecified atom stereocenters. The minimum absolute atomic E-state index is 0.0884. The van der Waals surface area contributed by atoms with Crippen LogP contribution in [0.2, 0.25) is 0 Å². The van der Waals surface area contributed by atoms with Gasteiger partial charge in [-0.25, -0.2) is 9.78 Å². The van der Waals surface area contributed by atoms with Gasteiger partial charge in [-0.2, -0.15) is 4.68 Å². The molecule has 3 rings (SSSR count). The minimum atomic E-state index is -4.80. The summed E-state index contributed by atoms with van der Waals surface area (Å²) in [6.45, 7) is 1.71. The first-order chi connectivity index (χ1) is 13.2. The van der Waals surface area contributed by atoms with Gasteiger partial charge >= 0.3 is 12.3 Å². The van der Waals surface area contributed by atoms with Gasteiger partial charge in [-0.15, -0.1) is 18.3 Å². The summed E-state index contributed by atoms with van der Waals surface area (Å²) in [7, 11) is 1.21. The van der Waals surface area contributed by atoms with Crippen LogP contribution in [0.3, 0.4) is 0 Å². The lowest BCUT2D eigenvalue weighted by Gasteiger charge is -2.14. The molecule has 28 heavy (non-hydrogen) atoms. The second kappa shape index (κ2) is 7.29. The number of fused-ring (bicyclic) bond motifs is 1. The molecular formula is C16H14F3N5O4. The molecule has 0 N–H and O–H groups in total. The van der Waals surface area contributed by atoms with Crippen LogP contribution in [0.5, 0.6) is 5.75 Å². The van der Waals surface area contributed by atoms with Crippen molar-refractivity contribution in [3.63, 3.8) is 0 Å². The Balaban J connectivity index is 2.00. The zero-order chi connectivity index (χ0) is 20.5. The highest BCUT2D eigenvalue weighted by atomic mass is 19.4. The number of ether oxygens (including phenoxy) is 2. The lowest BCUT2D eigenvalue weighted by Crippen LogP contribution is -2.30. The maximum absolute atomic E-state index is 12.7. The minimum Gasteiger partial charge on any atom is -0.467 e. The zero-order valence-electron chi connectivity index (χ0n) is 14.7. The molecule has 0 radical (unpaired) electrons. The number of hydrogen-bond acceptors (Lipinski definition) is 7. The van der Waals surface area contributed by atoms with Crippen molar-refractivity contribution < 1.29 is 27.4 Å². The van der Waals surface area contributed by atoms with Crippen molar-refractivity contribution in [2.75, 3.05) is 7.11 Å². The van der Waals surface area contributed by atoms with Crippen LogP contribution in [0.15, 0.2) is 35.4 Å². The Kier molecular flexibility index (Phi) is 5.03. The van der Waals surface area contributed by atoms with Crippen LogP contribution in [-0.4, -0.2) is 44.0 Å². The highest BCUT2D eigenvalue weighted by Gasteiger charge is 2.31. The van der Waals surface area contributed by atoms with Crippen LogP contribution in [0.25, 0.3) is 16.9 Å². The number of nitrogens with zero attached hydrogens (tertiary/aromatic N) is 5. The summed E-state index contributed by atoms with van der Waals surface area (Å²) in [5.74, 6) is -1.00. The number of esters is 1. The quantitative estimate of drug-likeness (QED) is 0.607. The van der Waals surface area contributed by atoms with Gasteiger partial charge in [0.05, 0.1) is 12.8 Å². The standard InChI is InChI=1S/C16H14F3N5O4/c1-3-11(15(26)27-2)23-8-20-13-12(14(23)25)21-22-24(13)9-4-6-10(7-5-9)28-16(17,18)19/h4-8,11H,3H2,1-2H3/t11-/m1/s1. The van der Waals surface area contributed by atoms with Crippen molar-refractivity contribution in [1.82, 2.24) is 24.5 Å². The van der Waals surface area contributed by atoms with Gasteiger partial charge in [-0.1, -0.05) is 12.1 Å². The van der Waals surface area contributed by atoms with E-state index in [1.165, 1.54) is 30.3 Å². The van der Waals surface area contributed by atoms with Gasteiger partial charge in [-0.3, -0.25) is 9.36 Å². The molecule has 12 heteroatoms. The number of carbonyl (C=O) groups excluding carboxylic acids is 1. The maximum Gasteiger partial charge on any atom is 0.573 e. The first-order valence-electron chi connectivity index (χ1n) is 8.01. The molecule has 3 aromatic rings. The van der Waals surface area contributed by atoms with Crippen molar-refractivity contribution >= 4 is 17.1 Å². The lowest BCUT2D eigenvalue weighted by atomic mass is 10.2. The average molecular weight is 397 g/mol. The van der Waals surface area contributed by atoms with E-state index in [0.29, 0.717) is 12.1 Å². The number of benzene rings is 1. The van der Waals surface area contributed by atoms with Crippen LogP contribution >= 0.6 is 0 Å². The van der Waals surface area contributed by atoms with Crippen molar-refractivity contribution in [2.24, 2.45) is 0 Å². The summed E-state index contributed by atoms with van der Waals surface area (Å²) in [5.41, 5.74) is -0.280. The predicted octanol–water partition coefficient (Wildman–Crippen LogP) is 2.00. The SMILES string of the molecule is CC[C@H](C(=O)OC)n1cnc2c(nnn2-c2ccc(OC(F)(F)F)cc2)c1=O. The molecule has 1 aromatic carbocycles. The molecule has 0 aliphatic rings. The fraction of sp³-hybridized carbons (Fsp3) is 0.312. The summed E-state index contributed by atoms with van der Waals surface area (Å²) in [6.07, 6.45) is -3.32. The highest BCUT2D eigenvalue weighted by molar-refractivity contribution is 5.75. The van der Waals surface area contributed by atoms with E-state index in [0.717, 1.165) is 16.7 Å². The average Bonchev–Trinajstić information content (AvgIpc) is 3.08. The van der Waals surface area contributed by atoms with Gasteiger partial charge in [0, 0.05) is 0 Å². The number of methoxy groups -OCH3 is 1. The summed E-state index contributed by atoms with van der Waals surface area (Å²) >= 11 is 0. The predicted molar refractivity (Wildman–Crippen MR) is 88.9 cm³/mol. The summed E-state index contributed by atoms with van der Waals surface area (Å²) < 4.78 is 47.6. The Morgan fingerprint density at radius 3 is 2.50 bits per heavy atom. The molecule has 0 bridgehead atoms. The smallest absolute Gasteiger partial charge is 0.467 e. The van der Waals surface area contributed by atoms with Crippen molar-refractivity contribution in [3.05, 3.63) is 40.9 Å². The van der Waals surface area contributed by atoms with E-state index in [1.807, 2.05) is 0 Å². The molecule has 148 valence electrons. The fourth-order valence-electron chi connectivity index (χ4n) is 2.62. The van der Waals surface area contributed by atoms with Crippen molar-refractivity contribution in [3.8, 4) is 11.4 Å². The van der Waals surface area contributed by atoms with Gasteiger partial charge in [0.1, 0.15) is 18.1 Å². The normalized spacial score (nSPS) is 12.8. The Labute approximate surface area is 155 Å². The molecule has 0 aliphatic carbocycles. The molecule has 0 saturated carbocycles. The third kappa shape index (κ3) is 3.66. The number of rotatable bonds is 5. The molecule has 0 saturated heterocycles. The summed E-state index contributed by atoms with van der Waals surface area (Å²) in [5, 5.41) is 7.63. The molecule has 0 amide bonds. The van der Waals surface area contributed by atoms with Crippen LogP contribution in [-0.2, 0) is 9.53 Å². The first-order valence-corrected chi connectivity index (χ1v) is 8.01. The van der Waals surface area contributed by atoms with E-state index in [2.05, 4.69) is 24.8 Å². The molecule has 2 aromatic heterocycles. The lowest BCUT2D eigenvalue weighted by molar-refractivity contribution is -0.274. The van der Waals surface area contributed by atoms with E-state index >= 15 is 0 Å². The molecule has 0 spiro atoms. The van der Waals surface area contributed by atoms with Gasteiger partial charge in [0.15, 0.2) is 11.2 Å². The summed E-state index contributed by atoms with van der Waals surface area (Å²) in [6, 6.07) is 3.96. The van der Waals surface area contributed by atoms with E-state index in [9.17, 15) is 22.8 Å². The topological polar surface area (TPSA) is 101 Å². The van der Waals surface area contributed by atoms with Gasteiger partial charge in [-0.05, 0) is 30.7 Å². The number of hydrogen-bond donors (Lipinski definition) is 0. The van der Waals surface area contributed by atoms with Crippen LogP contribution in [0, 0.1) is 0 Å². The Morgan fingerprint density at radius 1 is 1.25 bits per heavy atom. The Bertz CT molecular complexity index is 1060. The largest absolute Gasteiger partial charge is 0.573 e. The van der Waals surface area contributed by atoms with Crippen LogP contribution in [0.4, 0.5) is 13.2 Å². The maximum atomic E-state index is 12.7. The van der Waals surface area contributed by atoms with Crippen molar-refractivity contribution in [2.45, 2.75) is 25.7 Å². The van der Waals surface area contributed by atoms with E-state index < -0.39 is 29.7 Å². The van der Waals surface area contributed by atoms with Crippen LogP contribution < -0.4 is 10.3 Å². The third-order valence-electron chi connectivity index (χ3n) is 3.90. The van der Waals surface area contributed by atoms with Crippen LogP contribution in [0.1, 0.15) is 19.4 Å². The van der Waals surface area contributed by atoms with Crippen molar-refractivity contribution in [1.29, 1.82) is 0 Å². The second-order valence-corrected chi connectivity index (χ2v) is 5.62. The number of alkyl halides is 3. The second-order valence-electron chi connectivity index (χ2n) is 5.62. The zero-order valence-corrected chi connectivity index (χ0v) is 14.7. The van der Waals surface area contributed by atoms with E-state index in [1.54, 1.807) is 6.92 Å². The van der Waals surface area contributed by atoms with Gasteiger partial charge in [0.25, 0.3) is 5.56 Å². The Hall–Kier alpha value is -3.44. The van der Waals surface area contributed by atoms with Gasteiger partial charge < -0.3 is 9.47 Å². The van der Waals surface area contributed by atoms with E-state index in [-0.39, 0.29) is 11.2 Å². The summed E-state index contributed by atoms with van der Waals surface area (Å²) in [4.78, 5) is 28.6. The molecular weight excluding hydrogens is 383 g/mol. The monoisotopic (exact) mass is 397 g/mol. The number of aromatic nitrogens is 5. The molecule has 0 fully saturated rings. The first kappa shape index (κ1) is 19.3. The third-order valence-corrected chi connectivity index (χ3v) is 3.90.